The van der Waals surface area contributed by atoms with Gasteiger partial charge < -0.3 is 4.74 Å². The summed E-state index contributed by atoms with van der Waals surface area (Å²) in [6, 6.07) is 13.5. The summed E-state index contributed by atoms with van der Waals surface area (Å²) in [7, 11) is 1.61. The molecule has 0 aliphatic heterocycles. The Morgan fingerprint density at radius 2 is 2.00 bits per heavy atom. The lowest BCUT2D eigenvalue weighted by atomic mass is 9.79. The number of ketones is 1. The SMILES string of the molecule is COc1ccc(Br)c(C(=O)c2cccc(C3CCC3)c2)c1. The van der Waals surface area contributed by atoms with Crippen LogP contribution in [0.3, 0.4) is 0 Å². The van der Waals surface area contributed by atoms with E-state index in [2.05, 4.69) is 22.0 Å². The van der Waals surface area contributed by atoms with E-state index >= 15 is 0 Å². The maximum absolute atomic E-state index is 12.7. The van der Waals surface area contributed by atoms with Crippen molar-refractivity contribution >= 4 is 21.7 Å². The van der Waals surface area contributed by atoms with Crippen molar-refractivity contribution in [2.45, 2.75) is 25.2 Å². The maximum Gasteiger partial charge on any atom is 0.194 e. The summed E-state index contributed by atoms with van der Waals surface area (Å²) in [5.41, 5.74) is 2.67. The molecule has 3 rings (SSSR count). The molecule has 0 heterocycles. The molecule has 0 aromatic heterocycles. The Kier molecular flexibility index (Phi) is 4.11. The number of benzene rings is 2. The molecule has 0 atom stereocenters. The highest BCUT2D eigenvalue weighted by atomic mass is 79.9. The Bertz CT molecular complexity index is 675. The fourth-order valence-electron chi connectivity index (χ4n) is 2.64. The van der Waals surface area contributed by atoms with Crippen LogP contribution < -0.4 is 4.74 Å². The van der Waals surface area contributed by atoms with Crippen LogP contribution in [0.4, 0.5) is 0 Å². The van der Waals surface area contributed by atoms with Crippen molar-refractivity contribution in [3.63, 3.8) is 0 Å². The second kappa shape index (κ2) is 6.02. The number of hydrogen-bond donors (Lipinski definition) is 0. The van der Waals surface area contributed by atoms with Gasteiger partial charge in [0.05, 0.1) is 7.11 Å². The average Bonchev–Trinajstić information content (AvgIpc) is 2.46. The molecular formula is C18H17BrO2. The summed E-state index contributed by atoms with van der Waals surface area (Å²) in [6.45, 7) is 0. The van der Waals surface area contributed by atoms with E-state index in [1.54, 1.807) is 13.2 Å². The van der Waals surface area contributed by atoms with Crippen LogP contribution in [0, 0.1) is 0 Å². The van der Waals surface area contributed by atoms with Gasteiger partial charge in [0, 0.05) is 15.6 Å². The predicted octanol–water partition coefficient (Wildman–Crippen LogP) is 4.96. The molecule has 21 heavy (non-hydrogen) atoms. The first-order valence-corrected chi connectivity index (χ1v) is 7.96. The van der Waals surface area contributed by atoms with E-state index in [1.165, 1.54) is 24.8 Å². The molecular weight excluding hydrogens is 328 g/mol. The molecule has 0 radical (unpaired) electrons. The highest BCUT2D eigenvalue weighted by Gasteiger charge is 2.21. The highest BCUT2D eigenvalue weighted by Crippen LogP contribution is 2.36. The third-order valence-corrected chi connectivity index (χ3v) is 4.84. The quantitative estimate of drug-likeness (QED) is 0.733. The van der Waals surface area contributed by atoms with Crippen molar-refractivity contribution in [3.05, 3.63) is 63.6 Å². The molecule has 2 aromatic rings. The molecule has 0 amide bonds. The third kappa shape index (κ3) is 2.88. The van der Waals surface area contributed by atoms with Gasteiger partial charge in [-0.2, -0.15) is 0 Å². The predicted molar refractivity (Wildman–Crippen MR) is 87.2 cm³/mol. The van der Waals surface area contributed by atoms with Crippen LogP contribution in [0.25, 0.3) is 0 Å². The molecule has 0 N–H and O–H groups in total. The monoisotopic (exact) mass is 344 g/mol. The number of rotatable bonds is 4. The molecule has 1 aliphatic carbocycles. The smallest absolute Gasteiger partial charge is 0.194 e. The highest BCUT2D eigenvalue weighted by molar-refractivity contribution is 9.10. The van der Waals surface area contributed by atoms with E-state index in [1.807, 2.05) is 30.3 Å². The van der Waals surface area contributed by atoms with Crippen LogP contribution in [-0.4, -0.2) is 12.9 Å². The first kappa shape index (κ1) is 14.3. The lowest BCUT2D eigenvalue weighted by Gasteiger charge is -2.26. The topological polar surface area (TPSA) is 26.3 Å². The van der Waals surface area contributed by atoms with Gasteiger partial charge in [0.2, 0.25) is 0 Å². The molecule has 0 bridgehead atoms. The Labute approximate surface area is 133 Å². The molecule has 1 aliphatic rings. The molecule has 2 nitrogen and oxygen atoms in total. The summed E-state index contributed by atoms with van der Waals surface area (Å²) in [4.78, 5) is 12.7. The number of halogens is 1. The van der Waals surface area contributed by atoms with Gasteiger partial charge in [0.15, 0.2) is 5.78 Å². The zero-order valence-electron chi connectivity index (χ0n) is 11.9. The molecule has 1 fully saturated rings. The molecule has 0 unspecified atom stereocenters. The minimum absolute atomic E-state index is 0.0296. The number of hydrogen-bond acceptors (Lipinski definition) is 2. The van der Waals surface area contributed by atoms with Crippen molar-refractivity contribution < 1.29 is 9.53 Å². The molecule has 1 saturated carbocycles. The van der Waals surface area contributed by atoms with Crippen LogP contribution in [0.5, 0.6) is 5.75 Å². The second-order valence-electron chi connectivity index (χ2n) is 5.43. The molecule has 0 spiro atoms. The summed E-state index contributed by atoms with van der Waals surface area (Å²) in [6.07, 6.45) is 3.77. The van der Waals surface area contributed by atoms with E-state index < -0.39 is 0 Å². The summed E-state index contributed by atoms with van der Waals surface area (Å²) < 4.78 is 6.01. The van der Waals surface area contributed by atoms with Gasteiger partial charge in [-0.05, 0) is 48.6 Å². The molecule has 3 heteroatoms. The second-order valence-corrected chi connectivity index (χ2v) is 6.28. The summed E-state index contributed by atoms with van der Waals surface area (Å²) >= 11 is 3.45. The van der Waals surface area contributed by atoms with Gasteiger partial charge in [0.1, 0.15) is 5.75 Å². The first-order chi connectivity index (χ1) is 10.2. The van der Waals surface area contributed by atoms with Crippen LogP contribution in [-0.2, 0) is 0 Å². The van der Waals surface area contributed by atoms with Crippen LogP contribution >= 0.6 is 15.9 Å². The fourth-order valence-corrected chi connectivity index (χ4v) is 3.06. The van der Waals surface area contributed by atoms with E-state index in [4.69, 9.17) is 4.74 Å². The number of methoxy groups -OCH3 is 1. The maximum atomic E-state index is 12.7. The summed E-state index contributed by atoms with van der Waals surface area (Å²) in [5.74, 6) is 1.35. The minimum Gasteiger partial charge on any atom is -0.497 e. The molecule has 108 valence electrons. The lowest BCUT2D eigenvalue weighted by Crippen LogP contribution is -2.10. The lowest BCUT2D eigenvalue weighted by molar-refractivity contribution is 0.103. The van der Waals surface area contributed by atoms with Gasteiger partial charge in [-0.15, -0.1) is 0 Å². The fraction of sp³-hybridized carbons (Fsp3) is 0.278. The van der Waals surface area contributed by atoms with Crippen molar-refractivity contribution in [1.82, 2.24) is 0 Å². The Morgan fingerprint density at radius 3 is 2.67 bits per heavy atom. The molecule has 2 aromatic carbocycles. The van der Waals surface area contributed by atoms with Crippen molar-refractivity contribution in [1.29, 1.82) is 0 Å². The van der Waals surface area contributed by atoms with Gasteiger partial charge in [-0.3, -0.25) is 4.79 Å². The van der Waals surface area contributed by atoms with E-state index in [0.29, 0.717) is 17.2 Å². The van der Waals surface area contributed by atoms with Gasteiger partial charge >= 0.3 is 0 Å². The van der Waals surface area contributed by atoms with E-state index in [-0.39, 0.29) is 5.78 Å². The van der Waals surface area contributed by atoms with Gasteiger partial charge in [-0.1, -0.05) is 40.5 Å². The van der Waals surface area contributed by atoms with Crippen LogP contribution in [0.15, 0.2) is 46.9 Å². The minimum atomic E-state index is 0.0296. The Hall–Kier alpha value is -1.61. The Balaban J connectivity index is 1.94. The van der Waals surface area contributed by atoms with E-state index in [9.17, 15) is 4.79 Å². The third-order valence-electron chi connectivity index (χ3n) is 4.14. The van der Waals surface area contributed by atoms with Gasteiger partial charge in [0.25, 0.3) is 0 Å². The summed E-state index contributed by atoms with van der Waals surface area (Å²) in [5, 5.41) is 0. The zero-order valence-corrected chi connectivity index (χ0v) is 13.5. The normalized spacial score (nSPS) is 14.6. The van der Waals surface area contributed by atoms with Crippen molar-refractivity contribution in [2.24, 2.45) is 0 Å². The van der Waals surface area contributed by atoms with E-state index in [0.717, 1.165) is 10.0 Å². The zero-order chi connectivity index (χ0) is 14.8. The first-order valence-electron chi connectivity index (χ1n) is 7.17. The standard InChI is InChI=1S/C18H17BrO2/c1-21-15-8-9-17(19)16(11-15)18(20)14-7-3-6-13(10-14)12-4-2-5-12/h3,6-12H,2,4-5H2,1H3. The Morgan fingerprint density at radius 1 is 1.19 bits per heavy atom. The average molecular weight is 345 g/mol. The number of carbonyl (C=O) groups excluding carboxylic acids is 1. The van der Waals surface area contributed by atoms with Crippen molar-refractivity contribution in [2.75, 3.05) is 7.11 Å². The van der Waals surface area contributed by atoms with Crippen LogP contribution in [0.1, 0.15) is 46.7 Å². The van der Waals surface area contributed by atoms with Crippen molar-refractivity contribution in [3.8, 4) is 5.75 Å². The molecule has 0 saturated heterocycles. The number of ether oxygens (including phenoxy) is 1. The number of carbonyl (C=O) groups is 1. The largest absolute Gasteiger partial charge is 0.497 e. The van der Waals surface area contributed by atoms with Gasteiger partial charge in [-0.25, -0.2) is 0 Å². The van der Waals surface area contributed by atoms with Crippen LogP contribution in [0.2, 0.25) is 0 Å².